The van der Waals surface area contributed by atoms with Crippen LogP contribution in [0.25, 0.3) is 0 Å². The van der Waals surface area contributed by atoms with Gasteiger partial charge in [0.15, 0.2) is 0 Å². The van der Waals surface area contributed by atoms with Crippen LogP contribution in [0, 0.1) is 0 Å². The van der Waals surface area contributed by atoms with Crippen LogP contribution in [0.3, 0.4) is 0 Å². The fraction of sp³-hybridized carbons (Fsp3) is 0.211. The number of rotatable bonds is 6. The number of imide groups is 1. The van der Waals surface area contributed by atoms with E-state index in [2.05, 4.69) is 12.0 Å². The van der Waals surface area contributed by atoms with Gasteiger partial charge in [-0.1, -0.05) is 54.8 Å². The predicted molar refractivity (Wildman–Crippen MR) is 90.1 cm³/mol. The Morgan fingerprint density at radius 2 is 1.67 bits per heavy atom. The summed E-state index contributed by atoms with van der Waals surface area (Å²) in [6, 6.07) is 15.3. The fourth-order valence-corrected chi connectivity index (χ4v) is 2.36. The molecule has 24 heavy (non-hydrogen) atoms. The largest absolute Gasteiger partial charge is 0.282 e. The van der Waals surface area contributed by atoms with E-state index in [0.717, 1.165) is 24.8 Å². The van der Waals surface area contributed by atoms with Gasteiger partial charge in [-0.05, 0) is 36.6 Å². The summed E-state index contributed by atoms with van der Waals surface area (Å²) in [7, 11) is 0. The van der Waals surface area contributed by atoms with Crippen molar-refractivity contribution in [3.05, 3.63) is 71.3 Å². The zero-order chi connectivity index (χ0) is 17.4. The van der Waals surface area contributed by atoms with E-state index in [1.807, 2.05) is 12.1 Å². The van der Waals surface area contributed by atoms with Crippen molar-refractivity contribution in [2.75, 3.05) is 0 Å². The van der Waals surface area contributed by atoms with Gasteiger partial charge in [0.25, 0.3) is 17.9 Å². The summed E-state index contributed by atoms with van der Waals surface area (Å²) in [5, 5.41) is 3.90. The van der Waals surface area contributed by atoms with Gasteiger partial charge in [0.05, 0.1) is 0 Å². The molecule has 2 aromatic rings. The van der Waals surface area contributed by atoms with E-state index in [0.29, 0.717) is 10.6 Å². The zero-order valence-corrected chi connectivity index (χ0v) is 13.4. The van der Waals surface area contributed by atoms with Crippen molar-refractivity contribution in [2.24, 2.45) is 5.10 Å². The molecule has 0 bridgehead atoms. The number of amides is 2. The quantitative estimate of drug-likeness (QED) is 0.353. The molecule has 2 rings (SSSR count). The average molecular weight is 322 g/mol. The minimum Gasteiger partial charge on any atom is -0.267 e. The maximum atomic E-state index is 12.8. The molecule has 0 saturated heterocycles. The van der Waals surface area contributed by atoms with Crippen LogP contribution >= 0.6 is 0 Å². The number of nitrogens with zero attached hydrogens (tertiary/aromatic N) is 2. The molecule has 122 valence electrons. The summed E-state index contributed by atoms with van der Waals surface area (Å²) in [6.45, 7) is 2.06. The zero-order valence-electron chi connectivity index (χ0n) is 13.4. The lowest BCUT2D eigenvalue weighted by Gasteiger charge is -2.15. The van der Waals surface area contributed by atoms with Gasteiger partial charge >= 0.3 is 0 Å². The van der Waals surface area contributed by atoms with Gasteiger partial charge in [0, 0.05) is 11.1 Å². The molecule has 0 radical (unpaired) electrons. The third kappa shape index (κ3) is 4.03. The van der Waals surface area contributed by atoms with Gasteiger partial charge in [-0.15, -0.1) is 5.01 Å². The monoisotopic (exact) mass is 322 g/mol. The molecule has 0 atom stereocenters. The Labute approximate surface area is 140 Å². The number of carbonyl (C=O) groups is 2. The molecule has 0 aromatic heterocycles. The van der Waals surface area contributed by atoms with Crippen LogP contribution < -0.4 is 0 Å². The first-order chi connectivity index (χ1) is 11.7. The Morgan fingerprint density at radius 3 is 2.33 bits per heavy atom. The van der Waals surface area contributed by atoms with E-state index < -0.39 is 11.8 Å². The van der Waals surface area contributed by atoms with Crippen LogP contribution in [0.1, 0.15) is 46.0 Å². The number of unbranched alkanes of at least 4 members (excludes halogenated alkanes) is 1. The van der Waals surface area contributed by atoms with Gasteiger partial charge in [-0.2, -0.15) is 0 Å². The summed E-state index contributed by atoms with van der Waals surface area (Å²) in [6.07, 6.45) is 3.92. The van der Waals surface area contributed by atoms with Gasteiger partial charge in [0.2, 0.25) is 0 Å². The Balaban J connectivity index is 2.37. The summed E-state index contributed by atoms with van der Waals surface area (Å²) in [4.78, 5) is 36.0. The molecule has 2 amide bonds. The lowest BCUT2D eigenvalue weighted by Crippen LogP contribution is -2.33. The van der Waals surface area contributed by atoms with Crippen molar-refractivity contribution in [3.63, 3.8) is 0 Å². The molecule has 2 aromatic carbocycles. The molecule has 0 saturated carbocycles. The van der Waals surface area contributed by atoms with Gasteiger partial charge < -0.3 is 0 Å². The maximum Gasteiger partial charge on any atom is 0.282 e. The lowest BCUT2D eigenvalue weighted by molar-refractivity contribution is 0.0619. The van der Waals surface area contributed by atoms with Crippen LogP contribution in [-0.4, -0.2) is 22.9 Å². The second-order valence-electron chi connectivity index (χ2n) is 5.24. The first kappa shape index (κ1) is 17.3. The maximum absolute atomic E-state index is 12.8. The third-order valence-electron chi connectivity index (χ3n) is 3.59. The Hall–Kier alpha value is -3.04. The van der Waals surface area contributed by atoms with Crippen LogP contribution in [-0.2, 0) is 11.2 Å². The van der Waals surface area contributed by atoms with Crippen LogP contribution in [0.2, 0.25) is 0 Å². The standard InChI is InChI=1S/C19H18N2O3/c1-2-3-9-15-10-7-8-13-17(15)19(24)21(20-14-22)18(23)16-11-5-4-6-12-16/h4-8,10-13H,2-3,9H2,1H3. The van der Waals surface area contributed by atoms with Crippen molar-refractivity contribution in [2.45, 2.75) is 26.2 Å². The number of hydrogen-bond acceptors (Lipinski definition) is 4. The van der Waals surface area contributed by atoms with Crippen LogP contribution in [0.4, 0.5) is 0 Å². The summed E-state index contributed by atoms with van der Waals surface area (Å²) in [5.41, 5.74) is 1.47. The van der Waals surface area contributed by atoms with Crippen molar-refractivity contribution >= 4 is 17.9 Å². The normalized spacial score (nSPS) is 9.88. The summed E-state index contributed by atoms with van der Waals surface area (Å²) in [5.74, 6) is -1.28. The Morgan fingerprint density at radius 1 is 1.00 bits per heavy atom. The molecule has 0 N–H and O–H groups in total. The van der Waals surface area contributed by atoms with Gasteiger partial charge in [-0.25, -0.2) is 4.79 Å². The SMILES string of the molecule is CCCCc1ccccc1C(=O)N(N=C=O)C(=O)c1ccccc1. The molecular formula is C19H18N2O3. The van der Waals surface area contributed by atoms with Crippen LogP contribution in [0.15, 0.2) is 59.7 Å². The van der Waals surface area contributed by atoms with Crippen LogP contribution in [0.5, 0.6) is 0 Å². The Kier molecular flexibility index (Phi) is 6.17. The molecule has 5 heteroatoms. The van der Waals surface area contributed by atoms with E-state index in [1.54, 1.807) is 42.5 Å². The van der Waals surface area contributed by atoms with Gasteiger partial charge in [0.1, 0.15) is 0 Å². The predicted octanol–water partition coefficient (Wildman–Crippen LogP) is 3.56. The minimum absolute atomic E-state index is 0.274. The van der Waals surface area contributed by atoms with E-state index in [9.17, 15) is 14.4 Å². The minimum atomic E-state index is -0.658. The van der Waals surface area contributed by atoms with E-state index in [1.165, 1.54) is 6.08 Å². The van der Waals surface area contributed by atoms with Crippen molar-refractivity contribution in [1.82, 2.24) is 5.01 Å². The van der Waals surface area contributed by atoms with Gasteiger partial charge in [-0.3, -0.25) is 9.59 Å². The van der Waals surface area contributed by atoms with E-state index in [4.69, 9.17) is 0 Å². The van der Waals surface area contributed by atoms with E-state index >= 15 is 0 Å². The lowest BCUT2D eigenvalue weighted by atomic mass is 10.0. The summed E-state index contributed by atoms with van der Waals surface area (Å²) >= 11 is 0. The molecular weight excluding hydrogens is 304 g/mol. The molecule has 0 fully saturated rings. The van der Waals surface area contributed by atoms with Crippen molar-refractivity contribution in [1.29, 1.82) is 0 Å². The first-order valence-electron chi connectivity index (χ1n) is 7.78. The fourth-order valence-electron chi connectivity index (χ4n) is 2.36. The molecule has 0 aliphatic heterocycles. The smallest absolute Gasteiger partial charge is 0.267 e. The molecule has 0 aliphatic rings. The number of hydrogen-bond donors (Lipinski definition) is 0. The van der Waals surface area contributed by atoms with E-state index in [-0.39, 0.29) is 5.56 Å². The molecule has 0 heterocycles. The number of aryl methyl sites for hydroxylation is 1. The van der Waals surface area contributed by atoms with Crippen molar-refractivity contribution in [3.8, 4) is 0 Å². The number of isocyanates is 1. The molecule has 0 spiro atoms. The highest BCUT2D eigenvalue weighted by molar-refractivity contribution is 6.10. The van der Waals surface area contributed by atoms with Crippen molar-refractivity contribution < 1.29 is 14.4 Å². The molecule has 5 nitrogen and oxygen atoms in total. The highest BCUT2D eigenvalue weighted by Crippen LogP contribution is 2.17. The Bertz CT molecular complexity index is 765. The molecule has 0 unspecified atom stereocenters. The summed E-state index contributed by atoms with van der Waals surface area (Å²) < 4.78 is 0. The topological polar surface area (TPSA) is 66.8 Å². The third-order valence-corrected chi connectivity index (χ3v) is 3.59. The first-order valence-corrected chi connectivity index (χ1v) is 7.78. The number of hydrazone groups is 1. The average Bonchev–Trinajstić information content (AvgIpc) is 2.64. The second-order valence-corrected chi connectivity index (χ2v) is 5.24. The number of benzene rings is 2. The number of carbonyl (C=O) groups excluding carboxylic acids is 3. The highest BCUT2D eigenvalue weighted by Gasteiger charge is 2.25. The highest BCUT2D eigenvalue weighted by atomic mass is 16.2. The molecule has 0 aliphatic carbocycles. The second kappa shape index (κ2) is 8.56.